The number of hydrogen-bond acceptors (Lipinski definition) is 3. The molecule has 2 unspecified atom stereocenters. The molecule has 0 spiro atoms. The number of carbonyl (C=O) groups is 2. The van der Waals surface area contributed by atoms with Crippen molar-refractivity contribution in [2.24, 2.45) is 5.92 Å². The molecule has 5 heteroatoms. The fraction of sp³-hybridized carbons (Fsp3) is 0.556. The predicted octanol–water partition coefficient (Wildman–Crippen LogP) is 2.70. The number of carboxylic acid groups (broad SMARTS) is 1. The van der Waals surface area contributed by atoms with Crippen LogP contribution in [0.5, 0.6) is 0 Å². The van der Waals surface area contributed by atoms with Crippen molar-refractivity contribution in [1.82, 2.24) is 4.90 Å². The van der Waals surface area contributed by atoms with Crippen LogP contribution in [0.3, 0.4) is 0 Å². The third-order valence-electron chi connectivity index (χ3n) is 4.35. The number of benzene rings is 1. The first kappa shape index (κ1) is 17.5. The molecule has 0 aromatic heterocycles. The highest BCUT2D eigenvalue weighted by Gasteiger charge is 2.24. The first-order chi connectivity index (χ1) is 11.1. The van der Waals surface area contributed by atoms with Crippen LogP contribution in [0.4, 0.5) is 0 Å². The van der Waals surface area contributed by atoms with Gasteiger partial charge in [-0.3, -0.25) is 9.59 Å². The molecule has 0 aliphatic heterocycles. The van der Waals surface area contributed by atoms with E-state index in [1.54, 1.807) is 0 Å². The van der Waals surface area contributed by atoms with E-state index in [2.05, 4.69) is 6.92 Å². The van der Waals surface area contributed by atoms with Crippen molar-refractivity contribution in [3.63, 3.8) is 0 Å². The molecule has 1 aliphatic carbocycles. The van der Waals surface area contributed by atoms with Gasteiger partial charge in [-0.25, -0.2) is 0 Å². The highest BCUT2D eigenvalue weighted by Crippen LogP contribution is 2.26. The fourth-order valence-corrected chi connectivity index (χ4v) is 3.00. The summed E-state index contributed by atoms with van der Waals surface area (Å²) in [5.41, 5.74) is 0.910. The topological polar surface area (TPSA) is 66.8 Å². The lowest BCUT2D eigenvalue weighted by Crippen LogP contribution is -2.39. The van der Waals surface area contributed by atoms with Gasteiger partial charge in [0.1, 0.15) is 13.2 Å². The SMILES string of the molecule is CC1CCCCC1OCC(=O)N(CC(=O)O)Cc1ccccc1. The average molecular weight is 319 g/mol. The van der Waals surface area contributed by atoms with Gasteiger partial charge in [-0.1, -0.05) is 50.1 Å². The minimum atomic E-state index is -1.01. The van der Waals surface area contributed by atoms with Crippen LogP contribution in [0.25, 0.3) is 0 Å². The zero-order valence-corrected chi connectivity index (χ0v) is 13.6. The Morgan fingerprint density at radius 3 is 2.57 bits per heavy atom. The van der Waals surface area contributed by atoms with E-state index in [1.807, 2.05) is 30.3 Å². The number of rotatable bonds is 7. The van der Waals surface area contributed by atoms with E-state index in [-0.39, 0.29) is 31.7 Å². The second kappa shape index (κ2) is 8.67. The molecule has 1 amide bonds. The van der Waals surface area contributed by atoms with E-state index in [1.165, 1.54) is 11.3 Å². The van der Waals surface area contributed by atoms with Gasteiger partial charge in [0, 0.05) is 6.54 Å². The van der Waals surface area contributed by atoms with E-state index in [0.29, 0.717) is 5.92 Å². The molecule has 126 valence electrons. The maximum absolute atomic E-state index is 12.4. The molecule has 0 bridgehead atoms. The molecule has 0 radical (unpaired) electrons. The van der Waals surface area contributed by atoms with Crippen LogP contribution in [0, 0.1) is 5.92 Å². The van der Waals surface area contributed by atoms with Crippen LogP contribution in [0.2, 0.25) is 0 Å². The number of ether oxygens (including phenoxy) is 1. The Morgan fingerprint density at radius 1 is 1.22 bits per heavy atom. The Balaban J connectivity index is 1.92. The summed E-state index contributed by atoms with van der Waals surface area (Å²) in [6.07, 6.45) is 4.56. The highest BCUT2D eigenvalue weighted by atomic mass is 16.5. The van der Waals surface area contributed by atoms with Crippen molar-refractivity contribution in [2.75, 3.05) is 13.2 Å². The molecule has 0 saturated heterocycles. The molecule has 2 atom stereocenters. The number of amides is 1. The summed E-state index contributed by atoms with van der Waals surface area (Å²) in [7, 11) is 0. The van der Waals surface area contributed by atoms with Gasteiger partial charge in [-0.05, 0) is 24.3 Å². The molecule has 1 aromatic carbocycles. The van der Waals surface area contributed by atoms with E-state index < -0.39 is 5.97 Å². The highest BCUT2D eigenvalue weighted by molar-refractivity contribution is 5.82. The van der Waals surface area contributed by atoms with E-state index >= 15 is 0 Å². The maximum Gasteiger partial charge on any atom is 0.323 e. The second-order valence-corrected chi connectivity index (χ2v) is 6.24. The molecular weight excluding hydrogens is 294 g/mol. The Kier molecular flexibility index (Phi) is 6.59. The summed E-state index contributed by atoms with van der Waals surface area (Å²) in [6, 6.07) is 9.40. The third-order valence-corrected chi connectivity index (χ3v) is 4.35. The largest absolute Gasteiger partial charge is 0.480 e. The van der Waals surface area contributed by atoms with Gasteiger partial charge in [-0.15, -0.1) is 0 Å². The lowest BCUT2D eigenvalue weighted by atomic mass is 9.88. The molecule has 23 heavy (non-hydrogen) atoms. The van der Waals surface area contributed by atoms with Gasteiger partial charge in [-0.2, -0.15) is 0 Å². The van der Waals surface area contributed by atoms with Gasteiger partial charge in [0.05, 0.1) is 6.10 Å². The first-order valence-electron chi connectivity index (χ1n) is 8.21. The Labute approximate surface area is 137 Å². The van der Waals surface area contributed by atoms with Gasteiger partial charge in [0.25, 0.3) is 0 Å². The van der Waals surface area contributed by atoms with Crippen LogP contribution in [0.1, 0.15) is 38.2 Å². The number of carboxylic acids is 1. The Morgan fingerprint density at radius 2 is 1.91 bits per heavy atom. The maximum atomic E-state index is 12.4. The minimum Gasteiger partial charge on any atom is -0.480 e. The molecule has 5 nitrogen and oxygen atoms in total. The molecule has 1 fully saturated rings. The fourth-order valence-electron chi connectivity index (χ4n) is 3.00. The number of carbonyl (C=O) groups excluding carboxylic acids is 1. The normalized spacial score (nSPS) is 20.9. The van der Waals surface area contributed by atoms with Crippen molar-refractivity contribution in [3.05, 3.63) is 35.9 Å². The van der Waals surface area contributed by atoms with E-state index in [0.717, 1.165) is 24.8 Å². The Hall–Kier alpha value is -1.88. The average Bonchev–Trinajstić information content (AvgIpc) is 2.54. The van der Waals surface area contributed by atoms with Crippen molar-refractivity contribution in [3.8, 4) is 0 Å². The molecule has 0 heterocycles. The van der Waals surface area contributed by atoms with Crippen LogP contribution >= 0.6 is 0 Å². The van der Waals surface area contributed by atoms with Crippen LogP contribution < -0.4 is 0 Å². The van der Waals surface area contributed by atoms with Gasteiger partial charge in [0.2, 0.25) is 5.91 Å². The standard InChI is InChI=1S/C18H25NO4/c1-14-7-5-6-10-16(14)23-13-17(20)19(12-18(21)22)11-15-8-3-2-4-9-15/h2-4,8-9,14,16H,5-7,10-13H2,1H3,(H,21,22). The van der Waals surface area contributed by atoms with Gasteiger partial charge < -0.3 is 14.7 Å². The molecule has 1 saturated carbocycles. The van der Waals surface area contributed by atoms with Crippen LogP contribution in [-0.2, 0) is 20.9 Å². The smallest absolute Gasteiger partial charge is 0.323 e. The summed E-state index contributed by atoms with van der Waals surface area (Å²) in [5.74, 6) is -0.826. The quantitative estimate of drug-likeness (QED) is 0.839. The molecule has 1 aliphatic rings. The van der Waals surface area contributed by atoms with E-state index in [9.17, 15) is 9.59 Å². The molecule has 1 N–H and O–H groups in total. The monoisotopic (exact) mass is 319 g/mol. The number of hydrogen-bond donors (Lipinski definition) is 1. The van der Waals surface area contributed by atoms with Gasteiger partial charge in [0.15, 0.2) is 0 Å². The third kappa shape index (κ3) is 5.67. The van der Waals surface area contributed by atoms with E-state index in [4.69, 9.17) is 9.84 Å². The molecule has 2 rings (SSSR count). The van der Waals surface area contributed by atoms with Crippen molar-refractivity contribution in [1.29, 1.82) is 0 Å². The predicted molar refractivity (Wildman–Crippen MR) is 86.9 cm³/mol. The molecule has 1 aromatic rings. The summed E-state index contributed by atoms with van der Waals surface area (Å²) in [5, 5.41) is 9.04. The number of aliphatic carboxylic acids is 1. The van der Waals surface area contributed by atoms with Crippen molar-refractivity contribution >= 4 is 11.9 Å². The van der Waals surface area contributed by atoms with Crippen molar-refractivity contribution in [2.45, 2.75) is 45.3 Å². The first-order valence-corrected chi connectivity index (χ1v) is 8.21. The molecular formula is C18H25NO4. The number of nitrogens with zero attached hydrogens (tertiary/aromatic N) is 1. The van der Waals surface area contributed by atoms with Gasteiger partial charge >= 0.3 is 5.97 Å². The zero-order valence-electron chi connectivity index (χ0n) is 13.6. The summed E-state index contributed by atoms with van der Waals surface area (Å²) in [6.45, 7) is 2.08. The lowest BCUT2D eigenvalue weighted by molar-refractivity contribution is -0.149. The van der Waals surface area contributed by atoms with Crippen LogP contribution in [0.15, 0.2) is 30.3 Å². The zero-order chi connectivity index (χ0) is 16.7. The minimum absolute atomic E-state index is 0.0465. The second-order valence-electron chi connectivity index (χ2n) is 6.24. The van der Waals surface area contributed by atoms with Crippen LogP contribution in [-0.4, -0.2) is 41.1 Å². The summed E-state index contributed by atoms with van der Waals surface area (Å²) >= 11 is 0. The Bertz CT molecular complexity index is 517. The van der Waals surface area contributed by atoms with Crippen molar-refractivity contribution < 1.29 is 19.4 Å². The summed E-state index contributed by atoms with van der Waals surface area (Å²) in [4.78, 5) is 24.7. The lowest BCUT2D eigenvalue weighted by Gasteiger charge is -2.29. The summed E-state index contributed by atoms with van der Waals surface area (Å²) < 4.78 is 5.77.